The van der Waals surface area contributed by atoms with Gasteiger partial charge in [0.2, 0.25) is 12.3 Å². The fourth-order valence-electron chi connectivity index (χ4n) is 4.32. The average molecular weight is 664 g/mol. The summed E-state index contributed by atoms with van der Waals surface area (Å²) in [7, 11) is 0. The summed E-state index contributed by atoms with van der Waals surface area (Å²) in [5.41, 5.74) is 6.57. The summed E-state index contributed by atoms with van der Waals surface area (Å²) in [6.07, 6.45) is 9.85. The highest BCUT2D eigenvalue weighted by atomic mass is 16.2. The smallest absolute Gasteiger partial charge is 0.225 e. The van der Waals surface area contributed by atoms with Crippen LogP contribution in [0.1, 0.15) is 148 Å². The fraction of sp³-hybridized carbons (Fsp3) is 0.575. The summed E-state index contributed by atoms with van der Waals surface area (Å²) in [5.74, 6) is 0.510. The van der Waals surface area contributed by atoms with Gasteiger partial charge in [0.25, 0.3) is 0 Å². The molecule has 0 saturated carbocycles. The van der Waals surface area contributed by atoms with Crippen molar-refractivity contribution in [2.24, 2.45) is 5.41 Å². The van der Waals surface area contributed by atoms with Crippen LogP contribution in [0, 0.1) is 19.3 Å². The summed E-state index contributed by atoms with van der Waals surface area (Å²) < 4.78 is 1.66. The van der Waals surface area contributed by atoms with Crippen LogP contribution in [0.4, 0.5) is 5.69 Å². The number of ketones is 1. The highest BCUT2D eigenvalue weighted by molar-refractivity contribution is 5.99. The molecule has 0 aliphatic heterocycles. The van der Waals surface area contributed by atoms with Gasteiger partial charge in [0.05, 0.1) is 11.2 Å². The van der Waals surface area contributed by atoms with Crippen molar-refractivity contribution in [1.29, 1.82) is 0 Å². The Balaban J connectivity index is 0.000000662. The minimum Gasteiger partial charge on any atom is -0.356 e. The zero-order valence-corrected chi connectivity index (χ0v) is 32.5. The van der Waals surface area contributed by atoms with Gasteiger partial charge < -0.3 is 10.6 Å². The maximum absolute atomic E-state index is 11.5. The van der Waals surface area contributed by atoms with Gasteiger partial charge in [0.1, 0.15) is 0 Å². The number of nitrogens with one attached hydrogen (secondary N) is 2. The normalized spacial score (nSPS) is 10.8. The number of rotatable bonds is 11. The lowest BCUT2D eigenvalue weighted by atomic mass is 9.87. The molecule has 3 rings (SSSR count). The molecular weight excluding hydrogens is 598 g/mol. The largest absolute Gasteiger partial charge is 0.356 e. The maximum Gasteiger partial charge on any atom is 0.225 e. The van der Waals surface area contributed by atoms with Gasteiger partial charge in [-0.2, -0.15) is 5.10 Å². The molecule has 2 amide bonds. The molecule has 0 unspecified atom stereocenters. The van der Waals surface area contributed by atoms with E-state index in [-0.39, 0.29) is 28.3 Å². The van der Waals surface area contributed by atoms with E-state index < -0.39 is 0 Å². The van der Waals surface area contributed by atoms with E-state index in [9.17, 15) is 14.4 Å². The molecule has 8 nitrogen and oxygen atoms in total. The van der Waals surface area contributed by atoms with Crippen molar-refractivity contribution in [3.05, 3.63) is 65.2 Å². The van der Waals surface area contributed by atoms with Gasteiger partial charge in [-0.25, -0.2) is 0 Å². The summed E-state index contributed by atoms with van der Waals surface area (Å²) in [4.78, 5) is 37.6. The van der Waals surface area contributed by atoms with E-state index in [1.165, 1.54) is 42.0 Å². The van der Waals surface area contributed by atoms with Gasteiger partial charge in [-0.1, -0.05) is 104 Å². The molecule has 2 aromatic heterocycles. The van der Waals surface area contributed by atoms with Gasteiger partial charge in [0.15, 0.2) is 11.5 Å². The third kappa shape index (κ3) is 15.9. The van der Waals surface area contributed by atoms with Crippen molar-refractivity contribution in [2.75, 3.05) is 11.9 Å². The molecule has 1 aromatic carbocycles. The van der Waals surface area contributed by atoms with E-state index in [0.29, 0.717) is 18.0 Å². The van der Waals surface area contributed by atoms with Gasteiger partial charge in [0, 0.05) is 42.5 Å². The molecule has 0 fully saturated rings. The van der Waals surface area contributed by atoms with Gasteiger partial charge >= 0.3 is 0 Å². The second kappa shape index (κ2) is 21.9. The number of hydrogen-bond donors (Lipinski definition) is 2. The summed E-state index contributed by atoms with van der Waals surface area (Å²) in [6, 6.07) is 10.8. The zero-order chi connectivity index (χ0) is 37.1. The molecule has 2 heterocycles. The Morgan fingerprint density at radius 3 is 1.98 bits per heavy atom. The van der Waals surface area contributed by atoms with Crippen molar-refractivity contribution in [2.45, 2.75) is 140 Å². The number of benzene rings is 1. The number of pyridine rings is 1. The molecular formula is C40H65N5O3. The second-order valence-electron chi connectivity index (χ2n) is 14.2. The lowest BCUT2D eigenvalue weighted by Gasteiger charge is -2.22. The standard InChI is InChI=1S/C16H19N.C10H15N3O2.C10H21NO.C4H10/c1-11(2)16-8-7-14(10-17-16)15-9-12(3)5-6-13(15)4;1-7(15)9-8(11-6-14)5-13(12-9)10(2,3)4;1-5-7-10(3,4)9(12)11-8-6-2;1-3-4-2/h5-11H,1-4H3;5-6H,1-4H3,(H,11,14);5-8H2,1-4H3,(H,11,12);3-4H2,1-2H3. The van der Waals surface area contributed by atoms with E-state index in [2.05, 4.69) is 106 Å². The topological polar surface area (TPSA) is 106 Å². The number of carbonyl (C=O) groups is 3. The Morgan fingerprint density at radius 2 is 1.54 bits per heavy atom. The van der Waals surface area contributed by atoms with Gasteiger partial charge in [-0.05, 0) is 70.6 Å². The predicted molar refractivity (Wildman–Crippen MR) is 203 cm³/mol. The number of anilines is 1. The van der Waals surface area contributed by atoms with Crippen LogP contribution in [-0.2, 0) is 15.1 Å². The van der Waals surface area contributed by atoms with E-state index in [0.717, 1.165) is 31.5 Å². The number of Topliss-reactive ketones (excluding diaryl/α,β-unsaturated/α-hetero) is 1. The molecule has 0 spiro atoms. The first-order chi connectivity index (χ1) is 22.4. The summed E-state index contributed by atoms with van der Waals surface area (Å²) in [6.45, 7) is 29.3. The number of aryl methyl sites for hydroxylation is 2. The van der Waals surface area contributed by atoms with Crippen molar-refractivity contribution >= 4 is 23.8 Å². The van der Waals surface area contributed by atoms with E-state index in [4.69, 9.17) is 0 Å². The fourth-order valence-corrected chi connectivity index (χ4v) is 4.32. The highest BCUT2D eigenvalue weighted by Crippen LogP contribution is 2.25. The third-order valence-corrected chi connectivity index (χ3v) is 7.56. The van der Waals surface area contributed by atoms with E-state index >= 15 is 0 Å². The van der Waals surface area contributed by atoms with Crippen LogP contribution in [0.25, 0.3) is 11.1 Å². The molecule has 268 valence electrons. The quantitative estimate of drug-likeness (QED) is 0.157. The second-order valence-corrected chi connectivity index (χ2v) is 14.2. The van der Waals surface area contributed by atoms with Crippen LogP contribution in [0.2, 0.25) is 0 Å². The molecule has 48 heavy (non-hydrogen) atoms. The van der Waals surface area contributed by atoms with Crippen LogP contribution < -0.4 is 10.6 Å². The molecule has 0 bridgehead atoms. The molecule has 3 aromatic rings. The molecule has 2 N–H and O–H groups in total. The molecule has 0 aliphatic carbocycles. The van der Waals surface area contributed by atoms with Crippen LogP contribution in [0.15, 0.2) is 42.7 Å². The Hall–Kier alpha value is -3.81. The Labute approximate surface area is 291 Å². The van der Waals surface area contributed by atoms with Crippen molar-refractivity contribution in [3.8, 4) is 11.1 Å². The van der Waals surface area contributed by atoms with Crippen LogP contribution in [0.5, 0.6) is 0 Å². The first-order valence-electron chi connectivity index (χ1n) is 17.5. The molecule has 0 saturated heterocycles. The first kappa shape index (κ1) is 44.2. The van der Waals surface area contributed by atoms with Crippen molar-refractivity contribution in [3.63, 3.8) is 0 Å². The maximum atomic E-state index is 11.5. The van der Waals surface area contributed by atoms with Crippen molar-refractivity contribution in [1.82, 2.24) is 20.1 Å². The Bertz CT molecular complexity index is 1380. The van der Waals surface area contributed by atoms with Crippen LogP contribution >= 0.6 is 0 Å². The Kier molecular flexibility index (Phi) is 20.2. The molecule has 8 heteroatoms. The zero-order valence-electron chi connectivity index (χ0n) is 32.5. The monoisotopic (exact) mass is 664 g/mol. The van der Waals surface area contributed by atoms with Gasteiger partial charge in [-0.3, -0.25) is 24.0 Å². The SMILES string of the molecule is CC(=O)c1nn(C(C)(C)C)cc1NC=O.CCCC.CCCNC(=O)C(C)(C)CCC.Cc1ccc(C)c(-c2ccc(C(C)C)nc2)c1. The molecule has 0 atom stereocenters. The predicted octanol–water partition coefficient (Wildman–Crippen LogP) is 10.0. The highest BCUT2D eigenvalue weighted by Gasteiger charge is 2.25. The average Bonchev–Trinajstić information content (AvgIpc) is 3.47. The Morgan fingerprint density at radius 1 is 0.917 bits per heavy atom. The van der Waals surface area contributed by atoms with Crippen LogP contribution in [-0.4, -0.2) is 39.4 Å². The molecule has 0 radical (unpaired) electrons. The van der Waals surface area contributed by atoms with E-state index in [1.54, 1.807) is 10.9 Å². The lowest BCUT2D eigenvalue weighted by molar-refractivity contribution is -0.129. The number of hydrogen-bond acceptors (Lipinski definition) is 5. The lowest BCUT2D eigenvalue weighted by Crippen LogP contribution is -2.37. The number of aromatic nitrogens is 3. The summed E-state index contributed by atoms with van der Waals surface area (Å²) >= 11 is 0. The van der Waals surface area contributed by atoms with Crippen LogP contribution in [0.3, 0.4) is 0 Å². The third-order valence-electron chi connectivity index (χ3n) is 7.56. The van der Waals surface area contributed by atoms with Crippen molar-refractivity contribution < 1.29 is 14.4 Å². The minimum atomic E-state index is -0.215. The van der Waals surface area contributed by atoms with Gasteiger partial charge in [-0.15, -0.1) is 0 Å². The first-order valence-corrected chi connectivity index (χ1v) is 17.5. The molecule has 0 aliphatic rings. The van der Waals surface area contributed by atoms with E-state index in [1.807, 2.05) is 40.8 Å². The number of nitrogens with zero attached hydrogens (tertiary/aromatic N) is 3. The minimum absolute atomic E-state index is 0.164. The number of unbranched alkanes of at least 4 members (excludes halogenated alkanes) is 1. The number of carbonyl (C=O) groups excluding carboxylic acids is 3. The number of amides is 2. The summed E-state index contributed by atoms with van der Waals surface area (Å²) in [5, 5.41) is 9.53.